The van der Waals surface area contributed by atoms with E-state index in [-0.39, 0.29) is 0 Å². The summed E-state index contributed by atoms with van der Waals surface area (Å²) >= 11 is 0. The normalized spacial score (nSPS) is 12.1. The van der Waals surface area contributed by atoms with E-state index in [0.717, 1.165) is 16.7 Å². The van der Waals surface area contributed by atoms with E-state index in [0.29, 0.717) is 0 Å². The first-order valence-electron chi connectivity index (χ1n) is 11.6. The molecule has 0 aliphatic rings. The molecule has 34 heavy (non-hydrogen) atoms. The highest BCUT2D eigenvalue weighted by Crippen LogP contribution is 2.41. The lowest BCUT2D eigenvalue weighted by Crippen LogP contribution is -1.94. The molecule has 3 heterocycles. The van der Waals surface area contributed by atoms with Gasteiger partial charge in [0.2, 0.25) is 0 Å². The van der Waals surface area contributed by atoms with Crippen molar-refractivity contribution >= 4 is 60.2 Å². The van der Waals surface area contributed by atoms with E-state index in [1.165, 1.54) is 49.2 Å². The molecule has 0 bridgehead atoms. The van der Waals surface area contributed by atoms with Crippen molar-refractivity contribution in [3.8, 4) is 5.69 Å². The quantitative estimate of drug-likeness (QED) is 0.241. The van der Waals surface area contributed by atoms with E-state index in [9.17, 15) is 0 Å². The molecule has 0 fully saturated rings. The molecular weight excluding hydrogens is 414 g/mol. The lowest BCUT2D eigenvalue weighted by molar-refractivity contribution is 1.18. The first-order valence-corrected chi connectivity index (χ1v) is 11.6. The Balaban J connectivity index is 1.72. The molecule has 0 N–H and O–H groups in total. The number of rotatable bonds is 1. The van der Waals surface area contributed by atoms with Gasteiger partial charge in [-0.25, -0.2) is 4.98 Å². The van der Waals surface area contributed by atoms with Crippen LogP contribution in [0.3, 0.4) is 0 Å². The second kappa shape index (κ2) is 6.46. The predicted octanol–water partition coefficient (Wildman–Crippen LogP) is 7.89. The van der Waals surface area contributed by atoms with Crippen LogP contribution in [-0.4, -0.2) is 14.0 Å². The zero-order valence-electron chi connectivity index (χ0n) is 18.3. The van der Waals surface area contributed by atoms with Gasteiger partial charge in [0.15, 0.2) is 0 Å². The third kappa shape index (κ3) is 2.18. The number of hydrogen-bond acceptors (Lipinski definition) is 1. The molecule has 158 valence electrons. The topological polar surface area (TPSA) is 22.2 Å². The maximum absolute atomic E-state index is 5.05. The van der Waals surface area contributed by atoms with E-state index in [4.69, 9.17) is 4.98 Å². The SMILES string of the molecule is c1ccc(-n2c3ccccc3c3c4c5ccccc5c5nc6ccccc6n5c4ccc32)cc1. The van der Waals surface area contributed by atoms with E-state index in [2.05, 4.69) is 124 Å². The average Bonchev–Trinajstić information content (AvgIpc) is 3.46. The molecule has 0 radical (unpaired) electrons. The molecule has 0 aliphatic carbocycles. The highest BCUT2D eigenvalue weighted by atomic mass is 15.0. The van der Waals surface area contributed by atoms with Crippen LogP contribution in [0.1, 0.15) is 0 Å². The van der Waals surface area contributed by atoms with Gasteiger partial charge in [-0.15, -0.1) is 0 Å². The van der Waals surface area contributed by atoms with E-state index >= 15 is 0 Å². The van der Waals surface area contributed by atoms with Crippen LogP contribution in [0, 0.1) is 0 Å². The zero-order valence-corrected chi connectivity index (χ0v) is 18.3. The van der Waals surface area contributed by atoms with Gasteiger partial charge in [0.25, 0.3) is 0 Å². The Bertz CT molecular complexity index is 2060. The summed E-state index contributed by atoms with van der Waals surface area (Å²) in [4.78, 5) is 5.05. The van der Waals surface area contributed by atoms with Crippen LogP contribution in [0.5, 0.6) is 0 Å². The first kappa shape index (κ1) is 17.9. The number of para-hydroxylation sites is 4. The van der Waals surface area contributed by atoms with Crippen LogP contribution in [0.2, 0.25) is 0 Å². The van der Waals surface area contributed by atoms with Crippen LogP contribution in [0.15, 0.2) is 115 Å². The minimum atomic E-state index is 1.01. The minimum Gasteiger partial charge on any atom is -0.309 e. The average molecular weight is 434 g/mol. The molecule has 3 heteroatoms. The van der Waals surface area contributed by atoms with Gasteiger partial charge in [-0.3, -0.25) is 4.40 Å². The Hall–Kier alpha value is -4.63. The fourth-order valence-electron chi connectivity index (χ4n) is 5.71. The maximum Gasteiger partial charge on any atom is 0.146 e. The second-order valence-corrected chi connectivity index (χ2v) is 8.85. The van der Waals surface area contributed by atoms with Crippen molar-refractivity contribution in [2.24, 2.45) is 0 Å². The van der Waals surface area contributed by atoms with Gasteiger partial charge >= 0.3 is 0 Å². The lowest BCUT2D eigenvalue weighted by Gasteiger charge is -2.12. The summed E-state index contributed by atoms with van der Waals surface area (Å²) in [5.41, 5.74) is 7.96. The summed E-state index contributed by atoms with van der Waals surface area (Å²) in [7, 11) is 0. The minimum absolute atomic E-state index is 1.01. The van der Waals surface area contributed by atoms with Gasteiger partial charge in [0, 0.05) is 27.2 Å². The molecule has 0 saturated carbocycles. The summed E-state index contributed by atoms with van der Waals surface area (Å²) in [6.45, 7) is 0. The molecule has 0 spiro atoms. The van der Waals surface area contributed by atoms with Crippen LogP contribution in [-0.2, 0) is 0 Å². The Kier molecular flexibility index (Phi) is 3.39. The predicted molar refractivity (Wildman–Crippen MR) is 142 cm³/mol. The van der Waals surface area contributed by atoms with E-state index < -0.39 is 0 Å². The summed E-state index contributed by atoms with van der Waals surface area (Å²) in [5.74, 6) is 0. The third-order valence-corrected chi connectivity index (χ3v) is 7.07. The third-order valence-electron chi connectivity index (χ3n) is 7.07. The molecule has 0 amide bonds. The fraction of sp³-hybridized carbons (Fsp3) is 0. The number of benzene rings is 5. The number of pyridine rings is 1. The van der Waals surface area contributed by atoms with E-state index in [1.54, 1.807) is 0 Å². The van der Waals surface area contributed by atoms with Gasteiger partial charge in [0.05, 0.1) is 27.6 Å². The molecule has 3 nitrogen and oxygen atoms in total. The highest BCUT2D eigenvalue weighted by Gasteiger charge is 2.19. The van der Waals surface area contributed by atoms with Gasteiger partial charge in [-0.05, 0) is 47.9 Å². The van der Waals surface area contributed by atoms with Crippen molar-refractivity contribution in [3.05, 3.63) is 115 Å². The molecule has 0 aliphatic heterocycles. The number of aromatic nitrogens is 3. The molecule has 0 saturated heterocycles. The molecule has 3 aromatic heterocycles. The number of imidazole rings is 1. The number of hydrogen-bond donors (Lipinski definition) is 0. The Morgan fingerprint density at radius 2 is 1.06 bits per heavy atom. The van der Waals surface area contributed by atoms with Gasteiger partial charge in [0.1, 0.15) is 5.65 Å². The van der Waals surface area contributed by atoms with Crippen molar-refractivity contribution < 1.29 is 0 Å². The Morgan fingerprint density at radius 1 is 0.441 bits per heavy atom. The summed E-state index contributed by atoms with van der Waals surface area (Å²) in [6, 6.07) is 41.0. The van der Waals surface area contributed by atoms with Crippen molar-refractivity contribution in [1.29, 1.82) is 0 Å². The Morgan fingerprint density at radius 3 is 1.91 bits per heavy atom. The highest BCUT2D eigenvalue weighted by molar-refractivity contribution is 6.29. The lowest BCUT2D eigenvalue weighted by atomic mass is 10.0. The van der Waals surface area contributed by atoms with Crippen molar-refractivity contribution in [1.82, 2.24) is 14.0 Å². The van der Waals surface area contributed by atoms with Crippen LogP contribution >= 0.6 is 0 Å². The molecule has 0 unspecified atom stereocenters. The van der Waals surface area contributed by atoms with Gasteiger partial charge in [-0.1, -0.05) is 72.8 Å². The van der Waals surface area contributed by atoms with Crippen LogP contribution in [0.25, 0.3) is 65.8 Å². The maximum atomic E-state index is 5.05. The van der Waals surface area contributed by atoms with Crippen molar-refractivity contribution in [2.75, 3.05) is 0 Å². The zero-order chi connectivity index (χ0) is 22.2. The molecule has 0 atom stereocenters. The summed E-state index contributed by atoms with van der Waals surface area (Å²) in [6.07, 6.45) is 0. The number of fused-ring (bicyclic) bond motifs is 12. The van der Waals surface area contributed by atoms with Crippen molar-refractivity contribution in [3.63, 3.8) is 0 Å². The smallest absolute Gasteiger partial charge is 0.146 e. The van der Waals surface area contributed by atoms with Crippen LogP contribution in [0.4, 0.5) is 0 Å². The first-order chi connectivity index (χ1) is 16.9. The van der Waals surface area contributed by atoms with Gasteiger partial charge < -0.3 is 4.57 Å². The standard InChI is InChI=1S/C31H19N3/c1-2-10-20(11-3-1)33-25-16-8-6-14-23(25)30-27(33)18-19-28-29(30)21-12-4-5-13-22(21)31-32-24-15-7-9-17-26(24)34(28)31/h1-19H. The van der Waals surface area contributed by atoms with Gasteiger partial charge in [-0.2, -0.15) is 0 Å². The fourth-order valence-corrected chi connectivity index (χ4v) is 5.71. The van der Waals surface area contributed by atoms with Crippen molar-refractivity contribution in [2.45, 2.75) is 0 Å². The monoisotopic (exact) mass is 433 g/mol. The molecule has 8 aromatic rings. The van der Waals surface area contributed by atoms with E-state index in [1.807, 2.05) is 0 Å². The summed E-state index contributed by atoms with van der Waals surface area (Å²) < 4.78 is 4.72. The second-order valence-electron chi connectivity index (χ2n) is 8.85. The molecular formula is C31H19N3. The Labute approximate surface area is 195 Å². The molecule has 5 aromatic carbocycles. The molecule has 8 rings (SSSR count). The van der Waals surface area contributed by atoms with Crippen LogP contribution < -0.4 is 0 Å². The summed E-state index contributed by atoms with van der Waals surface area (Å²) in [5, 5.41) is 6.24. The largest absolute Gasteiger partial charge is 0.309 e. The number of nitrogens with zero attached hydrogens (tertiary/aromatic N) is 3.